The molecule has 0 saturated carbocycles. The van der Waals surface area contributed by atoms with E-state index in [-0.39, 0.29) is 5.48 Å². The van der Waals surface area contributed by atoms with Crippen LogP contribution in [0.2, 0.25) is 0 Å². The number of nitroso groups, excluding NO2 is 1. The third kappa shape index (κ3) is 4.72. The van der Waals surface area contributed by atoms with E-state index in [2.05, 4.69) is 5.29 Å². The number of hydrogen-bond donors (Lipinski definition) is 2. The third-order valence-corrected chi connectivity index (χ3v) is 0.643. The van der Waals surface area contributed by atoms with E-state index < -0.39 is 11.0 Å². The summed E-state index contributed by atoms with van der Waals surface area (Å²) in [7, 11) is 1.12. The summed E-state index contributed by atoms with van der Waals surface area (Å²) in [5.74, 6) is -0.681. The summed E-state index contributed by atoms with van der Waals surface area (Å²) in [5, 5.41) is 18.1. The predicted octanol–water partition coefficient (Wildman–Crippen LogP) is -1.51. The van der Waals surface area contributed by atoms with Crippen molar-refractivity contribution in [1.82, 2.24) is 10.4 Å². The molecule has 0 aromatic heterocycles. The van der Waals surface area contributed by atoms with Crippen LogP contribution >= 0.6 is 0 Å². The van der Waals surface area contributed by atoms with Gasteiger partial charge >= 0.3 is 0 Å². The fraction of sp³-hybridized carbons (Fsp3) is 0.500. The lowest BCUT2D eigenvalue weighted by Crippen LogP contribution is -2.38. The molecule has 0 aliphatic carbocycles. The van der Waals surface area contributed by atoms with Crippen LogP contribution in [0.25, 0.3) is 0 Å². The third-order valence-electron chi connectivity index (χ3n) is 0.643. The molecule has 0 fully saturated rings. The molecule has 9 nitrogen and oxygen atoms in total. The number of nitro groups is 1. The van der Waals surface area contributed by atoms with Gasteiger partial charge in [0.15, 0.2) is 5.03 Å². The minimum Gasteiger partial charge on any atom is -0.412 e. The van der Waals surface area contributed by atoms with Crippen LogP contribution in [0.3, 0.4) is 0 Å². The van der Waals surface area contributed by atoms with Crippen LogP contribution < -0.4 is 5.43 Å². The van der Waals surface area contributed by atoms with Gasteiger partial charge in [-0.25, -0.2) is 10.1 Å². The monoisotopic (exact) mass is 165 g/mol. The summed E-state index contributed by atoms with van der Waals surface area (Å²) < 4.78 is 0. The fourth-order valence-electron chi connectivity index (χ4n) is 0.200. The van der Waals surface area contributed by atoms with Gasteiger partial charge in [0.05, 0.1) is 5.29 Å². The Labute approximate surface area is 60.9 Å². The molecule has 11 heavy (non-hydrogen) atoms. The molecule has 0 spiro atoms. The molecule has 0 amide bonds. The zero-order valence-electron chi connectivity index (χ0n) is 5.57. The molecule has 0 aliphatic heterocycles. The maximum Gasteiger partial charge on any atom is 0.276 e. The second kappa shape index (κ2) is 5.05. The van der Waals surface area contributed by atoms with E-state index in [1.165, 1.54) is 5.43 Å². The molecule has 0 aromatic carbocycles. The SMILES string of the molecule is CN(N=O)C(=N)N[N+](=O)[O-].O. The summed E-state index contributed by atoms with van der Waals surface area (Å²) in [4.78, 5) is 19.2. The van der Waals surface area contributed by atoms with Crippen LogP contribution in [0.15, 0.2) is 5.29 Å². The summed E-state index contributed by atoms with van der Waals surface area (Å²) in [6, 6.07) is 0. The van der Waals surface area contributed by atoms with Crippen LogP contribution in [0, 0.1) is 20.4 Å². The van der Waals surface area contributed by atoms with Gasteiger partial charge in [0, 0.05) is 7.05 Å². The minimum absolute atomic E-state index is 0. The maximum absolute atomic E-state index is 9.61. The zero-order valence-corrected chi connectivity index (χ0v) is 5.57. The molecule has 0 aliphatic rings. The van der Waals surface area contributed by atoms with Crippen molar-refractivity contribution >= 4 is 5.96 Å². The van der Waals surface area contributed by atoms with Crippen molar-refractivity contribution in [3.63, 3.8) is 0 Å². The van der Waals surface area contributed by atoms with E-state index in [1.807, 2.05) is 0 Å². The van der Waals surface area contributed by atoms with Crippen molar-refractivity contribution in [3.05, 3.63) is 15.0 Å². The molecule has 64 valence electrons. The number of rotatable bonds is 2. The Hall–Kier alpha value is -1.77. The normalized spacial score (nSPS) is 7.36. The van der Waals surface area contributed by atoms with E-state index in [9.17, 15) is 15.0 Å². The number of guanidine groups is 1. The molecule has 0 rings (SSSR count). The average Bonchev–Trinajstić information content (AvgIpc) is 1.85. The fourth-order valence-corrected chi connectivity index (χ4v) is 0.200. The first-order valence-corrected chi connectivity index (χ1v) is 2.14. The van der Waals surface area contributed by atoms with E-state index in [0.717, 1.165) is 7.05 Å². The highest BCUT2D eigenvalue weighted by molar-refractivity contribution is 5.74. The lowest BCUT2D eigenvalue weighted by Gasteiger charge is -2.04. The summed E-state index contributed by atoms with van der Waals surface area (Å²) in [6.07, 6.45) is 0. The summed E-state index contributed by atoms with van der Waals surface area (Å²) in [5.41, 5.74) is 1.43. The molecular weight excluding hydrogens is 158 g/mol. The molecule has 0 atom stereocenters. The predicted molar refractivity (Wildman–Crippen MR) is 35.0 cm³/mol. The molecule has 0 heterocycles. The van der Waals surface area contributed by atoms with Crippen molar-refractivity contribution in [3.8, 4) is 0 Å². The van der Waals surface area contributed by atoms with Gasteiger partial charge in [0.25, 0.3) is 5.96 Å². The summed E-state index contributed by atoms with van der Waals surface area (Å²) >= 11 is 0. The highest BCUT2D eigenvalue weighted by Gasteiger charge is 2.07. The minimum atomic E-state index is -0.954. The number of nitrogens with one attached hydrogen (secondary N) is 2. The van der Waals surface area contributed by atoms with Crippen molar-refractivity contribution in [2.24, 2.45) is 5.29 Å². The highest BCUT2D eigenvalue weighted by Crippen LogP contribution is 1.79. The van der Waals surface area contributed by atoms with Gasteiger partial charge in [-0.3, -0.25) is 5.41 Å². The first-order valence-electron chi connectivity index (χ1n) is 2.14. The molecule has 0 radical (unpaired) electrons. The van der Waals surface area contributed by atoms with Crippen LogP contribution in [-0.4, -0.2) is 28.5 Å². The van der Waals surface area contributed by atoms with Crippen molar-refractivity contribution < 1.29 is 10.5 Å². The Kier molecular flexibility index (Phi) is 5.49. The first-order chi connectivity index (χ1) is 4.57. The topological polar surface area (TPSA) is 143 Å². The number of hydrazine groups is 1. The quantitative estimate of drug-likeness (QED) is 0.168. The molecule has 0 aromatic rings. The second-order valence-corrected chi connectivity index (χ2v) is 1.32. The van der Waals surface area contributed by atoms with Crippen molar-refractivity contribution in [2.45, 2.75) is 0 Å². The zero-order chi connectivity index (χ0) is 8.15. The first kappa shape index (κ1) is 12.0. The molecule has 4 N–H and O–H groups in total. The van der Waals surface area contributed by atoms with Crippen molar-refractivity contribution in [2.75, 3.05) is 7.05 Å². The van der Waals surface area contributed by atoms with Crippen LogP contribution in [-0.2, 0) is 0 Å². The van der Waals surface area contributed by atoms with Gasteiger partial charge in [-0.1, -0.05) is 5.43 Å². The lowest BCUT2D eigenvalue weighted by atomic mass is 10.9. The Bertz CT molecular complexity index is 168. The second-order valence-electron chi connectivity index (χ2n) is 1.32. The Morgan fingerprint density at radius 1 is 1.82 bits per heavy atom. The van der Waals surface area contributed by atoms with Crippen LogP contribution in [0.5, 0.6) is 0 Å². The van der Waals surface area contributed by atoms with E-state index in [4.69, 9.17) is 5.41 Å². The Morgan fingerprint density at radius 3 is 2.55 bits per heavy atom. The van der Waals surface area contributed by atoms with Crippen molar-refractivity contribution in [1.29, 1.82) is 5.41 Å². The Morgan fingerprint density at radius 2 is 2.27 bits per heavy atom. The highest BCUT2D eigenvalue weighted by atomic mass is 16.7. The van der Waals surface area contributed by atoms with E-state index >= 15 is 0 Å². The molecular formula is C2H7N5O4. The maximum atomic E-state index is 9.61. The number of nitrogens with zero attached hydrogens (tertiary/aromatic N) is 3. The molecule has 0 saturated heterocycles. The van der Waals surface area contributed by atoms with Crippen LogP contribution in [0.1, 0.15) is 0 Å². The smallest absolute Gasteiger partial charge is 0.276 e. The standard InChI is InChI=1S/C2H5N5O3.H2O/c1-6(5-8)2(3)4-7(9)10;/h1H3,(H2,3,4);1H2. The van der Waals surface area contributed by atoms with E-state index in [0.29, 0.717) is 5.01 Å². The van der Waals surface area contributed by atoms with Gasteiger partial charge in [-0.15, -0.1) is 4.91 Å². The van der Waals surface area contributed by atoms with Crippen LogP contribution in [0.4, 0.5) is 0 Å². The Balaban J connectivity index is 0. The number of hydrogen-bond acceptors (Lipinski definition) is 5. The van der Waals surface area contributed by atoms with Gasteiger partial charge in [-0.2, -0.15) is 5.01 Å². The van der Waals surface area contributed by atoms with Gasteiger partial charge in [0.1, 0.15) is 0 Å². The average molecular weight is 165 g/mol. The molecule has 0 unspecified atom stereocenters. The summed E-state index contributed by atoms with van der Waals surface area (Å²) in [6.45, 7) is 0. The molecule has 0 bridgehead atoms. The van der Waals surface area contributed by atoms with Gasteiger partial charge in [0.2, 0.25) is 0 Å². The lowest BCUT2D eigenvalue weighted by molar-refractivity contribution is -0.526. The largest absolute Gasteiger partial charge is 0.412 e. The molecule has 9 heteroatoms. The van der Waals surface area contributed by atoms with E-state index in [1.54, 1.807) is 0 Å². The van der Waals surface area contributed by atoms with Gasteiger partial charge < -0.3 is 5.48 Å². The van der Waals surface area contributed by atoms with Gasteiger partial charge in [-0.05, 0) is 0 Å².